The van der Waals surface area contributed by atoms with Gasteiger partial charge in [-0.25, -0.2) is 9.97 Å². The number of amides is 2. The average Bonchev–Trinajstić information content (AvgIpc) is 3.22. The van der Waals surface area contributed by atoms with Crippen molar-refractivity contribution in [2.24, 2.45) is 0 Å². The minimum Gasteiger partial charge on any atom is -0.350 e. The largest absolute Gasteiger partial charge is 0.350 e. The van der Waals surface area contributed by atoms with Crippen LogP contribution in [0.2, 0.25) is 5.02 Å². The first-order chi connectivity index (χ1) is 14.0. The molecule has 3 heterocycles. The third-order valence-electron chi connectivity index (χ3n) is 5.38. The number of rotatable bonds is 4. The number of anilines is 1. The maximum Gasteiger partial charge on any atom is 0.253 e. The molecule has 4 rings (SSSR count). The van der Waals surface area contributed by atoms with Crippen LogP contribution in [0.1, 0.15) is 27.9 Å². The van der Waals surface area contributed by atoms with E-state index in [0.717, 1.165) is 18.4 Å². The summed E-state index contributed by atoms with van der Waals surface area (Å²) in [6.45, 7) is 6.00. The van der Waals surface area contributed by atoms with Crippen LogP contribution in [0, 0.1) is 0 Å². The minimum atomic E-state index is -0.0785. The summed E-state index contributed by atoms with van der Waals surface area (Å²) in [5, 5.41) is 3.74. The highest BCUT2D eigenvalue weighted by Crippen LogP contribution is 2.23. The Hall–Kier alpha value is -2.93. The van der Waals surface area contributed by atoms with E-state index in [9.17, 15) is 9.59 Å². The minimum absolute atomic E-state index is 0.00120. The highest BCUT2D eigenvalue weighted by Gasteiger charge is 2.28. The van der Waals surface area contributed by atoms with E-state index >= 15 is 0 Å². The van der Waals surface area contributed by atoms with Crippen molar-refractivity contribution < 1.29 is 9.59 Å². The highest BCUT2D eigenvalue weighted by molar-refractivity contribution is 6.30. The van der Waals surface area contributed by atoms with Crippen LogP contribution >= 0.6 is 11.6 Å². The van der Waals surface area contributed by atoms with Crippen molar-refractivity contribution in [2.45, 2.75) is 25.4 Å². The second-order valence-corrected chi connectivity index (χ2v) is 7.74. The summed E-state index contributed by atoms with van der Waals surface area (Å²) in [6, 6.07) is 5.91. The van der Waals surface area contributed by atoms with E-state index in [0.29, 0.717) is 42.7 Å². The smallest absolute Gasteiger partial charge is 0.253 e. The topological polar surface area (TPSA) is 78.4 Å². The SMILES string of the molecule is C=CC(=O)N1CCc2ccc(C(=O)N3CCC(Nc4ncc(Cl)cn4)C3)cc2C1. The van der Waals surface area contributed by atoms with Crippen molar-refractivity contribution >= 4 is 29.4 Å². The molecule has 2 aromatic rings. The Kier molecular flexibility index (Phi) is 5.49. The molecule has 0 saturated carbocycles. The fraction of sp³-hybridized carbons (Fsp3) is 0.333. The summed E-state index contributed by atoms with van der Waals surface area (Å²) in [4.78, 5) is 36.8. The normalized spacial score (nSPS) is 18.3. The lowest BCUT2D eigenvalue weighted by Crippen LogP contribution is -2.35. The molecule has 2 amide bonds. The van der Waals surface area contributed by atoms with E-state index in [1.807, 2.05) is 23.1 Å². The molecule has 29 heavy (non-hydrogen) atoms. The molecule has 0 radical (unpaired) electrons. The Balaban J connectivity index is 1.42. The quantitative estimate of drug-likeness (QED) is 0.782. The maximum atomic E-state index is 13.0. The molecule has 1 atom stereocenters. The van der Waals surface area contributed by atoms with Gasteiger partial charge in [0.15, 0.2) is 0 Å². The highest BCUT2D eigenvalue weighted by atomic mass is 35.5. The van der Waals surface area contributed by atoms with Gasteiger partial charge in [-0.3, -0.25) is 9.59 Å². The molecule has 1 N–H and O–H groups in total. The van der Waals surface area contributed by atoms with Gasteiger partial charge in [0.2, 0.25) is 11.9 Å². The number of nitrogens with zero attached hydrogens (tertiary/aromatic N) is 4. The molecule has 2 aliphatic rings. The van der Waals surface area contributed by atoms with Crippen LogP contribution in [0.15, 0.2) is 43.2 Å². The van der Waals surface area contributed by atoms with Gasteiger partial charge in [0, 0.05) is 37.8 Å². The van der Waals surface area contributed by atoms with Crippen molar-refractivity contribution in [3.63, 3.8) is 0 Å². The molecular weight excluding hydrogens is 390 g/mol. The number of carbonyl (C=O) groups excluding carboxylic acids is 2. The summed E-state index contributed by atoms with van der Waals surface area (Å²) < 4.78 is 0. The maximum absolute atomic E-state index is 13.0. The number of nitrogens with one attached hydrogen (secondary N) is 1. The van der Waals surface area contributed by atoms with Crippen LogP contribution in [-0.4, -0.2) is 57.3 Å². The predicted octanol–water partition coefficient (Wildman–Crippen LogP) is 2.53. The lowest BCUT2D eigenvalue weighted by molar-refractivity contribution is -0.126. The van der Waals surface area contributed by atoms with E-state index < -0.39 is 0 Å². The van der Waals surface area contributed by atoms with Gasteiger partial charge in [0.1, 0.15) is 0 Å². The first-order valence-corrected chi connectivity index (χ1v) is 9.98. The zero-order chi connectivity index (χ0) is 20.4. The summed E-state index contributed by atoms with van der Waals surface area (Å²) in [6.07, 6.45) is 6.04. The lowest BCUT2D eigenvalue weighted by Gasteiger charge is -2.28. The molecule has 1 fully saturated rings. The third kappa shape index (κ3) is 4.24. The summed E-state index contributed by atoms with van der Waals surface area (Å²) in [5.74, 6) is 0.431. The van der Waals surface area contributed by atoms with Crippen molar-refractivity contribution in [3.8, 4) is 0 Å². The van der Waals surface area contributed by atoms with Crippen molar-refractivity contribution in [3.05, 3.63) is 65.0 Å². The van der Waals surface area contributed by atoms with E-state index in [-0.39, 0.29) is 17.9 Å². The third-order valence-corrected chi connectivity index (χ3v) is 5.58. The fourth-order valence-electron chi connectivity index (χ4n) is 3.82. The van der Waals surface area contributed by atoms with Gasteiger partial charge < -0.3 is 15.1 Å². The molecule has 0 aliphatic carbocycles. The van der Waals surface area contributed by atoms with E-state index in [1.165, 1.54) is 11.6 Å². The molecule has 7 nitrogen and oxygen atoms in total. The number of likely N-dealkylation sites (tertiary alicyclic amines) is 1. The number of aromatic nitrogens is 2. The van der Waals surface area contributed by atoms with Crippen LogP contribution < -0.4 is 5.32 Å². The van der Waals surface area contributed by atoms with Crippen LogP contribution in [0.4, 0.5) is 5.95 Å². The van der Waals surface area contributed by atoms with Crippen molar-refractivity contribution in [1.82, 2.24) is 19.8 Å². The zero-order valence-electron chi connectivity index (χ0n) is 16.0. The van der Waals surface area contributed by atoms with Gasteiger partial charge in [-0.15, -0.1) is 0 Å². The standard InChI is InChI=1S/C21H22ClN5O2/c1-2-19(28)26-7-5-14-3-4-15(9-16(14)12-26)20(29)27-8-6-18(13-27)25-21-23-10-17(22)11-24-21/h2-4,9-11,18H,1,5-8,12-13H2,(H,23,24,25). The van der Waals surface area contributed by atoms with Gasteiger partial charge in [0.05, 0.1) is 17.4 Å². The number of benzene rings is 1. The van der Waals surface area contributed by atoms with E-state index in [4.69, 9.17) is 11.6 Å². The summed E-state index contributed by atoms with van der Waals surface area (Å²) in [7, 11) is 0. The number of fused-ring (bicyclic) bond motifs is 1. The lowest BCUT2D eigenvalue weighted by atomic mass is 9.97. The fourth-order valence-corrected chi connectivity index (χ4v) is 3.92. The second kappa shape index (κ2) is 8.21. The number of halogens is 1. The molecule has 1 aromatic heterocycles. The summed E-state index contributed by atoms with van der Waals surface area (Å²) >= 11 is 5.81. The van der Waals surface area contributed by atoms with E-state index in [1.54, 1.807) is 17.3 Å². The first kappa shape index (κ1) is 19.4. The Morgan fingerprint density at radius 1 is 1.17 bits per heavy atom. The van der Waals surface area contributed by atoms with Gasteiger partial charge in [-0.2, -0.15) is 0 Å². The number of hydrogen-bond acceptors (Lipinski definition) is 5. The monoisotopic (exact) mass is 411 g/mol. The van der Waals surface area contributed by atoms with Gasteiger partial charge in [-0.05, 0) is 42.2 Å². The van der Waals surface area contributed by atoms with Crippen molar-refractivity contribution in [1.29, 1.82) is 0 Å². The van der Waals surface area contributed by atoms with Gasteiger partial charge in [-0.1, -0.05) is 24.2 Å². The molecule has 1 unspecified atom stereocenters. The Morgan fingerprint density at radius 2 is 1.97 bits per heavy atom. The van der Waals surface area contributed by atoms with Crippen molar-refractivity contribution in [2.75, 3.05) is 25.0 Å². The second-order valence-electron chi connectivity index (χ2n) is 7.30. The average molecular weight is 412 g/mol. The van der Waals surface area contributed by atoms with Crippen LogP contribution in [0.25, 0.3) is 0 Å². The molecule has 1 saturated heterocycles. The Labute approximate surface area is 174 Å². The molecule has 0 spiro atoms. The summed E-state index contributed by atoms with van der Waals surface area (Å²) in [5.41, 5.74) is 2.87. The Bertz CT molecular complexity index is 947. The number of hydrogen-bond donors (Lipinski definition) is 1. The number of carbonyl (C=O) groups is 2. The van der Waals surface area contributed by atoms with Crippen LogP contribution in [0.3, 0.4) is 0 Å². The molecule has 150 valence electrons. The van der Waals surface area contributed by atoms with Gasteiger partial charge >= 0.3 is 0 Å². The Morgan fingerprint density at radius 3 is 2.72 bits per heavy atom. The molecule has 1 aromatic carbocycles. The van der Waals surface area contributed by atoms with Crippen LogP contribution in [0.5, 0.6) is 0 Å². The van der Waals surface area contributed by atoms with Gasteiger partial charge in [0.25, 0.3) is 5.91 Å². The van der Waals surface area contributed by atoms with E-state index in [2.05, 4.69) is 21.9 Å². The predicted molar refractivity (Wildman–Crippen MR) is 111 cm³/mol. The molecular formula is C21H22ClN5O2. The van der Waals surface area contributed by atoms with Crippen LogP contribution in [-0.2, 0) is 17.8 Å². The molecule has 2 aliphatic heterocycles. The first-order valence-electron chi connectivity index (χ1n) is 9.60. The zero-order valence-corrected chi connectivity index (χ0v) is 16.7. The molecule has 8 heteroatoms. The molecule has 0 bridgehead atoms.